The van der Waals surface area contributed by atoms with Crippen LogP contribution in [-0.4, -0.2) is 35.2 Å². The van der Waals surface area contributed by atoms with Gasteiger partial charge in [-0.1, -0.05) is 17.3 Å². The fourth-order valence-electron chi connectivity index (χ4n) is 3.33. The quantitative estimate of drug-likeness (QED) is 0.697. The lowest BCUT2D eigenvalue weighted by Gasteiger charge is -2.15. The Morgan fingerprint density at radius 1 is 1.23 bits per heavy atom. The molecule has 1 aliphatic heterocycles. The van der Waals surface area contributed by atoms with E-state index in [4.69, 9.17) is 9.26 Å². The summed E-state index contributed by atoms with van der Waals surface area (Å²) in [6.45, 7) is 2.50. The zero-order valence-corrected chi connectivity index (χ0v) is 14.6. The summed E-state index contributed by atoms with van der Waals surface area (Å²) in [5.41, 5.74) is 1.88. The Morgan fingerprint density at radius 2 is 2.08 bits per heavy atom. The molecular weight excluding hydrogens is 333 g/mol. The fraction of sp³-hybridized carbons (Fsp3) is 0.300. The van der Waals surface area contributed by atoms with E-state index in [0.717, 1.165) is 42.9 Å². The first-order valence-corrected chi connectivity index (χ1v) is 8.66. The minimum Gasteiger partial charge on any atom is -0.497 e. The van der Waals surface area contributed by atoms with E-state index in [1.165, 1.54) is 6.07 Å². The second-order valence-corrected chi connectivity index (χ2v) is 6.54. The van der Waals surface area contributed by atoms with Crippen molar-refractivity contribution in [2.75, 3.05) is 20.2 Å². The van der Waals surface area contributed by atoms with Crippen LogP contribution in [0.15, 0.2) is 53.1 Å². The number of aromatic nitrogens is 2. The summed E-state index contributed by atoms with van der Waals surface area (Å²) in [6, 6.07) is 14.3. The van der Waals surface area contributed by atoms with Gasteiger partial charge in [0.2, 0.25) is 11.7 Å². The lowest BCUT2D eigenvalue weighted by atomic mass is 10.1. The summed E-state index contributed by atoms with van der Waals surface area (Å²) in [5.74, 6) is 2.06. The Labute approximate surface area is 151 Å². The average Bonchev–Trinajstić information content (AvgIpc) is 3.31. The number of rotatable bonds is 5. The number of ether oxygens (including phenoxy) is 1. The van der Waals surface area contributed by atoms with Crippen molar-refractivity contribution >= 4 is 0 Å². The molecule has 0 radical (unpaired) electrons. The molecule has 1 atom stereocenters. The second-order valence-electron chi connectivity index (χ2n) is 6.54. The number of hydrogen-bond acceptors (Lipinski definition) is 5. The second kappa shape index (κ2) is 7.25. The number of likely N-dealkylation sites (tertiary alicyclic amines) is 1. The molecule has 2 heterocycles. The third-order valence-electron chi connectivity index (χ3n) is 4.71. The van der Waals surface area contributed by atoms with Crippen LogP contribution in [0.5, 0.6) is 5.75 Å². The van der Waals surface area contributed by atoms with Gasteiger partial charge in [-0.15, -0.1) is 0 Å². The Hall–Kier alpha value is -2.73. The predicted molar refractivity (Wildman–Crippen MR) is 95.3 cm³/mol. The minimum absolute atomic E-state index is 0.195. The van der Waals surface area contributed by atoms with E-state index >= 15 is 0 Å². The van der Waals surface area contributed by atoms with Crippen molar-refractivity contribution in [1.29, 1.82) is 0 Å². The molecule has 3 aromatic rings. The fourth-order valence-corrected chi connectivity index (χ4v) is 3.33. The number of benzene rings is 2. The molecule has 0 spiro atoms. The summed E-state index contributed by atoms with van der Waals surface area (Å²) >= 11 is 0. The third-order valence-corrected chi connectivity index (χ3v) is 4.71. The average molecular weight is 353 g/mol. The number of methoxy groups -OCH3 is 1. The zero-order chi connectivity index (χ0) is 17.9. The molecule has 26 heavy (non-hydrogen) atoms. The summed E-state index contributed by atoms with van der Waals surface area (Å²) in [7, 11) is 1.64. The molecule has 0 N–H and O–H groups in total. The Morgan fingerprint density at radius 3 is 2.85 bits per heavy atom. The van der Waals surface area contributed by atoms with Crippen LogP contribution in [0.1, 0.15) is 23.8 Å². The van der Waals surface area contributed by atoms with Crippen LogP contribution < -0.4 is 4.74 Å². The summed E-state index contributed by atoms with van der Waals surface area (Å²) in [4.78, 5) is 6.86. The molecule has 1 fully saturated rings. The van der Waals surface area contributed by atoms with Crippen LogP contribution >= 0.6 is 0 Å². The van der Waals surface area contributed by atoms with Crippen molar-refractivity contribution in [3.8, 4) is 17.1 Å². The van der Waals surface area contributed by atoms with Crippen LogP contribution in [0.4, 0.5) is 4.39 Å². The van der Waals surface area contributed by atoms with Crippen LogP contribution in [0.25, 0.3) is 11.4 Å². The van der Waals surface area contributed by atoms with Crippen molar-refractivity contribution in [3.63, 3.8) is 0 Å². The van der Waals surface area contributed by atoms with E-state index in [2.05, 4.69) is 15.0 Å². The molecule has 0 bridgehead atoms. The first-order valence-electron chi connectivity index (χ1n) is 8.66. The molecule has 5 nitrogen and oxygen atoms in total. The maximum atomic E-state index is 13.3. The third kappa shape index (κ3) is 3.60. The highest BCUT2D eigenvalue weighted by molar-refractivity contribution is 5.55. The van der Waals surface area contributed by atoms with Crippen LogP contribution in [0.3, 0.4) is 0 Å². The maximum Gasteiger partial charge on any atom is 0.231 e. The van der Waals surface area contributed by atoms with E-state index in [1.54, 1.807) is 19.2 Å². The number of halogens is 1. The molecule has 0 unspecified atom stereocenters. The molecule has 0 amide bonds. The Balaban J connectivity index is 1.42. The molecule has 2 aromatic carbocycles. The maximum absolute atomic E-state index is 13.3. The SMILES string of the molecule is COc1ccc(-c2noc([C@H]3CCN(Cc4cccc(F)c4)C3)n2)cc1. The lowest BCUT2D eigenvalue weighted by Crippen LogP contribution is -2.19. The van der Waals surface area contributed by atoms with E-state index in [1.807, 2.05) is 30.3 Å². The standard InChI is InChI=1S/C20H20FN3O2/c1-25-18-7-5-15(6-8-18)19-22-20(26-23-19)16-9-10-24(13-16)12-14-3-2-4-17(21)11-14/h2-8,11,16H,9-10,12-13H2,1H3/t16-/m0/s1. The van der Waals surface area contributed by atoms with Gasteiger partial charge < -0.3 is 9.26 Å². The van der Waals surface area contributed by atoms with E-state index in [0.29, 0.717) is 11.7 Å². The van der Waals surface area contributed by atoms with Crippen LogP contribution in [-0.2, 0) is 6.54 Å². The van der Waals surface area contributed by atoms with Crippen LogP contribution in [0, 0.1) is 5.82 Å². The van der Waals surface area contributed by atoms with Gasteiger partial charge in [-0.2, -0.15) is 4.98 Å². The normalized spacial score (nSPS) is 17.5. The van der Waals surface area contributed by atoms with E-state index in [9.17, 15) is 4.39 Å². The number of nitrogens with zero attached hydrogens (tertiary/aromatic N) is 3. The van der Waals surface area contributed by atoms with Crippen molar-refractivity contribution in [2.24, 2.45) is 0 Å². The van der Waals surface area contributed by atoms with Gasteiger partial charge in [-0.3, -0.25) is 4.90 Å². The summed E-state index contributed by atoms with van der Waals surface area (Å²) < 4.78 is 24.0. The van der Waals surface area contributed by atoms with Gasteiger partial charge in [0.05, 0.1) is 13.0 Å². The first kappa shape index (κ1) is 16.7. The molecule has 0 aliphatic carbocycles. The van der Waals surface area contributed by atoms with Gasteiger partial charge in [0.1, 0.15) is 11.6 Å². The van der Waals surface area contributed by atoms with Gasteiger partial charge >= 0.3 is 0 Å². The van der Waals surface area contributed by atoms with Gasteiger partial charge in [0.15, 0.2) is 0 Å². The van der Waals surface area contributed by atoms with Gasteiger partial charge in [-0.05, 0) is 54.9 Å². The highest BCUT2D eigenvalue weighted by Crippen LogP contribution is 2.29. The molecule has 0 saturated carbocycles. The molecule has 1 aliphatic rings. The summed E-state index contributed by atoms with van der Waals surface area (Å²) in [5, 5.41) is 4.11. The van der Waals surface area contributed by atoms with Gasteiger partial charge in [0, 0.05) is 18.7 Å². The molecule has 1 aromatic heterocycles. The van der Waals surface area contributed by atoms with Crippen molar-refractivity contribution in [3.05, 3.63) is 65.8 Å². The van der Waals surface area contributed by atoms with Gasteiger partial charge in [-0.25, -0.2) is 4.39 Å². The van der Waals surface area contributed by atoms with E-state index in [-0.39, 0.29) is 11.7 Å². The molecular formula is C20H20FN3O2. The molecule has 4 rings (SSSR count). The topological polar surface area (TPSA) is 51.4 Å². The highest BCUT2D eigenvalue weighted by atomic mass is 19.1. The monoisotopic (exact) mass is 353 g/mol. The lowest BCUT2D eigenvalue weighted by molar-refractivity contribution is 0.309. The number of hydrogen-bond donors (Lipinski definition) is 0. The molecule has 134 valence electrons. The molecule has 1 saturated heterocycles. The highest BCUT2D eigenvalue weighted by Gasteiger charge is 2.28. The van der Waals surface area contributed by atoms with E-state index < -0.39 is 0 Å². The van der Waals surface area contributed by atoms with Crippen molar-refractivity contribution in [2.45, 2.75) is 18.9 Å². The van der Waals surface area contributed by atoms with Crippen molar-refractivity contribution < 1.29 is 13.7 Å². The first-order chi connectivity index (χ1) is 12.7. The smallest absolute Gasteiger partial charge is 0.231 e. The largest absolute Gasteiger partial charge is 0.497 e. The van der Waals surface area contributed by atoms with Crippen LogP contribution in [0.2, 0.25) is 0 Å². The van der Waals surface area contributed by atoms with Crippen molar-refractivity contribution in [1.82, 2.24) is 15.0 Å². The summed E-state index contributed by atoms with van der Waals surface area (Å²) in [6.07, 6.45) is 0.958. The zero-order valence-electron chi connectivity index (χ0n) is 14.6. The van der Waals surface area contributed by atoms with Gasteiger partial charge in [0.25, 0.3) is 0 Å². The predicted octanol–water partition coefficient (Wildman–Crippen LogP) is 3.87. The minimum atomic E-state index is -0.195. The molecule has 6 heteroatoms. The Bertz CT molecular complexity index is 879. The Kier molecular flexibility index (Phi) is 4.67.